The van der Waals surface area contributed by atoms with Crippen LogP contribution in [-0.4, -0.2) is 0 Å². The second kappa shape index (κ2) is 4.45. The molecule has 1 fully saturated rings. The summed E-state index contributed by atoms with van der Waals surface area (Å²) in [6, 6.07) is 10.9. The molecule has 0 aromatic heterocycles. The van der Waals surface area contributed by atoms with Gasteiger partial charge in [-0.05, 0) is 48.7 Å². The highest BCUT2D eigenvalue weighted by atomic mass is 14.3. The van der Waals surface area contributed by atoms with Crippen LogP contribution in [0.3, 0.4) is 0 Å². The molecule has 84 valence electrons. The Bertz CT molecular complexity index is 374. The van der Waals surface area contributed by atoms with E-state index in [1.165, 1.54) is 44.1 Å². The first-order chi connectivity index (χ1) is 7.93. The Morgan fingerprint density at radius 3 is 2.44 bits per heavy atom. The molecule has 1 aromatic rings. The van der Waals surface area contributed by atoms with Crippen molar-refractivity contribution in [2.24, 2.45) is 11.8 Å². The molecule has 2 atom stereocenters. The Kier molecular flexibility index (Phi) is 2.82. The van der Waals surface area contributed by atoms with Crippen molar-refractivity contribution in [2.45, 2.75) is 38.5 Å². The molecule has 2 aliphatic rings. The van der Waals surface area contributed by atoms with Gasteiger partial charge in [0.25, 0.3) is 0 Å². The first kappa shape index (κ1) is 10.1. The van der Waals surface area contributed by atoms with Crippen LogP contribution >= 0.6 is 0 Å². The van der Waals surface area contributed by atoms with Gasteiger partial charge in [0.1, 0.15) is 0 Å². The van der Waals surface area contributed by atoms with E-state index in [1.54, 1.807) is 5.57 Å². The lowest BCUT2D eigenvalue weighted by atomic mass is 9.70. The quantitative estimate of drug-likeness (QED) is 0.634. The van der Waals surface area contributed by atoms with Gasteiger partial charge < -0.3 is 0 Å². The lowest BCUT2D eigenvalue weighted by Gasteiger charge is -2.35. The van der Waals surface area contributed by atoms with Crippen molar-refractivity contribution in [2.75, 3.05) is 0 Å². The molecule has 2 aliphatic carbocycles. The van der Waals surface area contributed by atoms with Crippen LogP contribution in [0.1, 0.15) is 44.1 Å². The van der Waals surface area contributed by atoms with Gasteiger partial charge >= 0.3 is 0 Å². The van der Waals surface area contributed by atoms with E-state index in [-0.39, 0.29) is 0 Å². The lowest BCUT2D eigenvalue weighted by molar-refractivity contribution is 0.235. The average Bonchev–Trinajstić information content (AvgIpc) is 2.39. The zero-order chi connectivity index (χ0) is 10.8. The first-order valence-electron chi connectivity index (χ1n) is 6.68. The number of fused-ring (bicyclic) bond motifs is 1. The van der Waals surface area contributed by atoms with Crippen LogP contribution in [0.15, 0.2) is 36.4 Å². The summed E-state index contributed by atoms with van der Waals surface area (Å²) in [4.78, 5) is 0. The smallest absolute Gasteiger partial charge is 0.0228 e. The van der Waals surface area contributed by atoms with Gasteiger partial charge in [0.05, 0.1) is 0 Å². The van der Waals surface area contributed by atoms with E-state index in [0.717, 1.165) is 11.8 Å². The maximum Gasteiger partial charge on any atom is -0.0228 e. The highest BCUT2D eigenvalue weighted by molar-refractivity contribution is 5.66. The zero-order valence-corrected chi connectivity index (χ0v) is 9.86. The Morgan fingerprint density at radius 1 is 0.875 bits per heavy atom. The molecule has 0 spiro atoms. The van der Waals surface area contributed by atoms with Gasteiger partial charge in [-0.1, -0.05) is 49.2 Å². The van der Waals surface area contributed by atoms with Crippen molar-refractivity contribution < 1.29 is 0 Å². The van der Waals surface area contributed by atoms with Crippen molar-refractivity contribution in [1.82, 2.24) is 0 Å². The third-order valence-electron chi connectivity index (χ3n) is 4.36. The number of rotatable bonds is 1. The van der Waals surface area contributed by atoms with Crippen molar-refractivity contribution in [3.63, 3.8) is 0 Å². The Labute approximate surface area is 98.4 Å². The molecule has 16 heavy (non-hydrogen) atoms. The summed E-state index contributed by atoms with van der Waals surface area (Å²) in [5.41, 5.74) is 3.05. The SMILES string of the molecule is C1=C(c2ccccc2)C[C@@H]2CCCC[C@@H]2C1. The molecule has 0 radical (unpaired) electrons. The summed E-state index contributed by atoms with van der Waals surface area (Å²) in [6.07, 6.45) is 11.0. The van der Waals surface area contributed by atoms with Crippen molar-refractivity contribution in [1.29, 1.82) is 0 Å². The predicted octanol–water partition coefficient (Wildman–Crippen LogP) is 4.67. The molecule has 0 nitrogen and oxygen atoms in total. The molecular weight excluding hydrogens is 192 g/mol. The Morgan fingerprint density at radius 2 is 1.62 bits per heavy atom. The van der Waals surface area contributed by atoms with Crippen LogP contribution in [0.4, 0.5) is 0 Å². The normalized spacial score (nSPS) is 29.4. The molecule has 0 heteroatoms. The lowest BCUT2D eigenvalue weighted by Crippen LogP contribution is -2.22. The highest BCUT2D eigenvalue weighted by Gasteiger charge is 2.28. The molecule has 3 rings (SSSR count). The second-order valence-corrected chi connectivity index (χ2v) is 5.34. The molecule has 1 saturated carbocycles. The molecule has 0 saturated heterocycles. The fourth-order valence-electron chi connectivity index (χ4n) is 3.41. The molecule has 0 N–H and O–H groups in total. The Hall–Kier alpha value is -1.04. The van der Waals surface area contributed by atoms with Gasteiger partial charge in [-0.2, -0.15) is 0 Å². The maximum atomic E-state index is 2.50. The molecule has 0 bridgehead atoms. The molecule has 0 unspecified atom stereocenters. The molecule has 0 heterocycles. The minimum Gasteiger partial charge on any atom is -0.0804 e. The van der Waals surface area contributed by atoms with Crippen LogP contribution in [0.25, 0.3) is 5.57 Å². The first-order valence-corrected chi connectivity index (χ1v) is 6.68. The molecular formula is C16H20. The van der Waals surface area contributed by atoms with Crippen molar-refractivity contribution in [3.05, 3.63) is 42.0 Å². The van der Waals surface area contributed by atoms with Gasteiger partial charge in [0, 0.05) is 0 Å². The summed E-state index contributed by atoms with van der Waals surface area (Å²) < 4.78 is 0. The van der Waals surface area contributed by atoms with Gasteiger partial charge in [-0.15, -0.1) is 0 Å². The third kappa shape index (κ3) is 1.93. The minimum atomic E-state index is 0.981. The molecule has 1 aromatic carbocycles. The van der Waals surface area contributed by atoms with Crippen LogP contribution in [0.2, 0.25) is 0 Å². The highest BCUT2D eigenvalue weighted by Crippen LogP contribution is 2.42. The van der Waals surface area contributed by atoms with Crippen LogP contribution in [-0.2, 0) is 0 Å². The topological polar surface area (TPSA) is 0 Å². The van der Waals surface area contributed by atoms with Crippen LogP contribution in [0, 0.1) is 11.8 Å². The summed E-state index contributed by atoms with van der Waals surface area (Å²) in [5, 5.41) is 0. The molecule has 0 amide bonds. The van der Waals surface area contributed by atoms with Crippen LogP contribution < -0.4 is 0 Å². The van der Waals surface area contributed by atoms with Gasteiger partial charge in [-0.25, -0.2) is 0 Å². The Balaban J connectivity index is 1.81. The van der Waals surface area contributed by atoms with E-state index in [1.807, 2.05) is 0 Å². The van der Waals surface area contributed by atoms with E-state index >= 15 is 0 Å². The second-order valence-electron chi connectivity index (χ2n) is 5.34. The van der Waals surface area contributed by atoms with E-state index < -0.39 is 0 Å². The fraction of sp³-hybridized carbons (Fsp3) is 0.500. The summed E-state index contributed by atoms with van der Waals surface area (Å²) >= 11 is 0. The van der Waals surface area contributed by atoms with Crippen molar-refractivity contribution in [3.8, 4) is 0 Å². The maximum absolute atomic E-state index is 2.50. The molecule has 0 aliphatic heterocycles. The fourth-order valence-corrected chi connectivity index (χ4v) is 3.41. The monoisotopic (exact) mass is 212 g/mol. The predicted molar refractivity (Wildman–Crippen MR) is 69.1 cm³/mol. The summed E-state index contributed by atoms with van der Waals surface area (Å²) in [5.74, 6) is 1.98. The largest absolute Gasteiger partial charge is 0.0804 e. The average molecular weight is 212 g/mol. The summed E-state index contributed by atoms with van der Waals surface area (Å²) in [7, 11) is 0. The summed E-state index contributed by atoms with van der Waals surface area (Å²) in [6.45, 7) is 0. The minimum absolute atomic E-state index is 0.981. The number of hydrogen-bond acceptors (Lipinski definition) is 0. The van der Waals surface area contributed by atoms with Gasteiger partial charge in [0.15, 0.2) is 0 Å². The van der Waals surface area contributed by atoms with E-state index in [4.69, 9.17) is 0 Å². The van der Waals surface area contributed by atoms with E-state index in [2.05, 4.69) is 36.4 Å². The number of allylic oxidation sites excluding steroid dienone is 2. The standard InChI is InChI=1S/C16H20/c1-2-6-13(7-3-1)16-11-10-14-8-4-5-9-15(14)12-16/h1-3,6-7,11,14-15H,4-5,8-10,12H2/t14-,15+/m1/s1. The van der Waals surface area contributed by atoms with Gasteiger partial charge in [-0.3, -0.25) is 0 Å². The van der Waals surface area contributed by atoms with E-state index in [0.29, 0.717) is 0 Å². The van der Waals surface area contributed by atoms with Crippen molar-refractivity contribution >= 4 is 5.57 Å². The van der Waals surface area contributed by atoms with Gasteiger partial charge in [0.2, 0.25) is 0 Å². The van der Waals surface area contributed by atoms with Crippen LogP contribution in [0.5, 0.6) is 0 Å². The number of benzene rings is 1. The third-order valence-corrected chi connectivity index (χ3v) is 4.36. The number of hydrogen-bond donors (Lipinski definition) is 0. The zero-order valence-electron chi connectivity index (χ0n) is 9.86. The van der Waals surface area contributed by atoms with E-state index in [9.17, 15) is 0 Å².